The van der Waals surface area contributed by atoms with Gasteiger partial charge in [-0.2, -0.15) is 0 Å². The number of benzene rings is 2. The Bertz CT molecular complexity index is 872. The lowest BCUT2D eigenvalue weighted by atomic mass is 10.1. The van der Waals surface area contributed by atoms with E-state index in [0.29, 0.717) is 37.8 Å². The fraction of sp³-hybridized carbons (Fsp3) is 0.391. The van der Waals surface area contributed by atoms with E-state index >= 15 is 0 Å². The highest BCUT2D eigenvalue weighted by atomic mass is 16.5. The lowest BCUT2D eigenvalue weighted by Gasteiger charge is -2.35. The number of hydrogen-bond acceptors (Lipinski definition) is 4. The van der Waals surface area contributed by atoms with Crippen LogP contribution in [0.4, 0.5) is 5.69 Å². The smallest absolute Gasteiger partial charge is 0.254 e. The quantitative estimate of drug-likeness (QED) is 0.564. The summed E-state index contributed by atoms with van der Waals surface area (Å²) in [5.74, 6) is 0.359. The van der Waals surface area contributed by atoms with Crippen molar-refractivity contribution in [1.29, 1.82) is 0 Å². The van der Waals surface area contributed by atoms with E-state index in [9.17, 15) is 4.79 Å². The summed E-state index contributed by atoms with van der Waals surface area (Å²) in [6.07, 6.45) is 0.103. The molecule has 0 radical (unpaired) electrons. The van der Waals surface area contributed by atoms with Crippen molar-refractivity contribution < 1.29 is 14.3 Å². The minimum absolute atomic E-state index is 0.0305. The molecule has 7 nitrogen and oxygen atoms in total. The summed E-state index contributed by atoms with van der Waals surface area (Å²) in [4.78, 5) is 19.0. The minimum Gasteiger partial charge on any atom is -0.380 e. The first-order valence-corrected chi connectivity index (χ1v) is 10.1. The van der Waals surface area contributed by atoms with Crippen LogP contribution in [0.2, 0.25) is 0 Å². The predicted octanol–water partition coefficient (Wildman–Crippen LogP) is 3.01. The van der Waals surface area contributed by atoms with Crippen LogP contribution < -0.4 is 11.1 Å². The second-order valence-electron chi connectivity index (χ2n) is 7.58. The van der Waals surface area contributed by atoms with E-state index in [1.165, 1.54) is 0 Å². The summed E-state index contributed by atoms with van der Waals surface area (Å²) in [7, 11) is 1.66. The van der Waals surface area contributed by atoms with Crippen molar-refractivity contribution in [3.8, 4) is 0 Å². The maximum absolute atomic E-state index is 12.8. The maximum Gasteiger partial charge on any atom is 0.254 e. The van der Waals surface area contributed by atoms with Crippen molar-refractivity contribution in [2.24, 2.45) is 10.7 Å². The molecule has 7 heteroatoms. The third kappa shape index (κ3) is 5.81. The van der Waals surface area contributed by atoms with Gasteiger partial charge in [-0.15, -0.1) is 0 Å². The summed E-state index contributed by atoms with van der Waals surface area (Å²) in [6.45, 7) is 6.12. The Morgan fingerprint density at radius 2 is 1.83 bits per heavy atom. The number of morpholine rings is 1. The molecule has 1 aliphatic heterocycles. The molecule has 1 saturated heterocycles. The number of anilines is 1. The Balaban J connectivity index is 1.59. The predicted molar refractivity (Wildman–Crippen MR) is 118 cm³/mol. The SMILES string of the molecule is COCc1ccccc1NC(N)=NCc1ccc(C(=O)N2CC(C)OC(C)C2)cc1. The number of rotatable bonds is 6. The van der Waals surface area contributed by atoms with E-state index in [-0.39, 0.29) is 18.1 Å². The standard InChI is InChI=1S/C23H30N4O3/c1-16-13-27(14-17(2)30-16)22(28)19-10-8-18(9-11-19)12-25-23(24)26-21-7-5-4-6-20(21)15-29-3/h4-11,16-17H,12-15H2,1-3H3,(H3,24,25,26). The molecule has 2 aromatic rings. The van der Waals surface area contributed by atoms with Gasteiger partial charge in [-0.3, -0.25) is 4.79 Å². The van der Waals surface area contributed by atoms with Gasteiger partial charge in [-0.1, -0.05) is 30.3 Å². The number of amides is 1. The Morgan fingerprint density at radius 3 is 2.50 bits per heavy atom. The second kappa shape index (κ2) is 10.2. The molecule has 1 aliphatic rings. The molecular formula is C23H30N4O3. The van der Waals surface area contributed by atoms with E-state index in [2.05, 4.69) is 10.3 Å². The lowest BCUT2D eigenvalue weighted by molar-refractivity contribution is -0.0586. The monoisotopic (exact) mass is 410 g/mol. The van der Waals surface area contributed by atoms with Crippen LogP contribution in [0.15, 0.2) is 53.5 Å². The molecule has 0 aliphatic carbocycles. The molecule has 3 N–H and O–H groups in total. The number of guanidine groups is 1. The van der Waals surface area contributed by atoms with Crippen LogP contribution >= 0.6 is 0 Å². The first kappa shape index (κ1) is 21.8. The molecule has 2 unspecified atom stereocenters. The van der Waals surface area contributed by atoms with Crippen LogP contribution in [-0.2, 0) is 22.6 Å². The number of methoxy groups -OCH3 is 1. The normalized spacial score (nSPS) is 19.6. The van der Waals surface area contributed by atoms with Gasteiger partial charge in [0.2, 0.25) is 0 Å². The fourth-order valence-electron chi connectivity index (χ4n) is 3.56. The maximum atomic E-state index is 12.8. The number of aliphatic imine (C=N–C) groups is 1. The Hall–Kier alpha value is -2.90. The Morgan fingerprint density at radius 1 is 1.17 bits per heavy atom. The summed E-state index contributed by atoms with van der Waals surface area (Å²) in [5, 5.41) is 3.12. The molecular weight excluding hydrogens is 380 g/mol. The van der Waals surface area contributed by atoms with Gasteiger partial charge in [0, 0.05) is 37.0 Å². The number of nitrogens with zero attached hydrogens (tertiary/aromatic N) is 2. The molecule has 1 amide bonds. The highest BCUT2D eigenvalue weighted by Crippen LogP contribution is 2.17. The number of nitrogens with two attached hydrogens (primary N) is 1. The van der Waals surface area contributed by atoms with Crippen molar-refractivity contribution in [2.75, 3.05) is 25.5 Å². The molecule has 2 aromatic carbocycles. The number of nitrogens with one attached hydrogen (secondary N) is 1. The van der Waals surface area contributed by atoms with Gasteiger partial charge in [0.1, 0.15) is 0 Å². The molecule has 30 heavy (non-hydrogen) atoms. The van der Waals surface area contributed by atoms with E-state index in [1.54, 1.807) is 7.11 Å². The summed E-state index contributed by atoms with van der Waals surface area (Å²) >= 11 is 0. The third-order valence-electron chi connectivity index (χ3n) is 4.92. The average Bonchev–Trinajstić information content (AvgIpc) is 2.73. The molecule has 0 saturated carbocycles. The molecule has 1 fully saturated rings. The van der Waals surface area contributed by atoms with Crippen LogP contribution in [-0.4, -0.2) is 49.2 Å². The molecule has 0 bridgehead atoms. The number of carbonyl (C=O) groups excluding carboxylic acids is 1. The van der Waals surface area contributed by atoms with Crippen molar-refractivity contribution in [1.82, 2.24) is 4.90 Å². The van der Waals surface area contributed by atoms with E-state index in [0.717, 1.165) is 16.8 Å². The van der Waals surface area contributed by atoms with Crippen LogP contribution in [0.25, 0.3) is 0 Å². The van der Waals surface area contributed by atoms with Crippen LogP contribution in [0.1, 0.15) is 35.3 Å². The van der Waals surface area contributed by atoms with Gasteiger partial charge >= 0.3 is 0 Å². The first-order valence-electron chi connectivity index (χ1n) is 10.1. The highest BCUT2D eigenvalue weighted by molar-refractivity contribution is 5.94. The second-order valence-corrected chi connectivity index (χ2v) is 7.58. The Labute approximate surface area is 177 Å². The topological polar surface area (TPSA) is 89.2 Å². The van der Waals surface area contributed by atoms with E-state index in [1.807, 2.05) is 67.3 Å². The van der Waals surface area contributed by atoms with Gasteiger partial charge in [0.05, 0.1) is 25.4 Å². The molecule has 2 atom stereocenters. The molecule has 160 valence electrons. The first-order chi connectivity index (χ1) is 14.5. The summed E-state index contributed by atoms with van der Waals surface area (Å²) in [5.41, 5.74) is 9.57. The zero-order chi connectivity index (χ0) is 21.5. The molecule has 1 heterocycles. The number of carbonyl (C=O) groups is 1. The van der Waals surface area contributed by atoms with Crippen molar-refractivity contribution >= 4 is 17.6 Å². The largest absolute Gasteiger partial charge is 0.380 e. The average molecular weight is 411 g/mol. The van der Waals surface area contributed by atoms with E-state index in [4.69, 9.17) is 15.2 Å². The zero-order valence-corrected chi connectivity index (χ0v) is 17.8. The number of ether oxygens (including phenoxy) is 2. The lowest BCUT2D eigenvalue weighted by Crippen LogP contribution is -2.48. The van der Waals surface area contributed by atoms with Gasteiger partial charge in [-0.25, -0.2) is 4.99 Å². The van der Waals surface area contributed by atoms with Crippen LogP contribution in [0.5, 0.6) is 0 Å². The van der Waals surface area contributed by atoms with Gasteiger partial charge in [0.15, 0.2) is 5.96 Å². The van der Waals surface area contributed by atoms with Gasteiger partial charge in [-0.05, 0) is 37.6 Å². The van der Waals surface area contributed by atoms with Crippen molar-refractivity contribution in [3.63, 3.8) is 0 Å². The fourth-order valence-corrected chi connectivity index (χ4v) is 3.56. The molecule has 3 rings (SSSR count). The minimum atomic E-state index is 0.0305. The van der Waals surface area contributed by atoms with E-state index < -0.39 is 0 Å². The van der Waals surface area contributed by atoms with Gasteiger partial charge in [0.25, 0.3) is 5.91 Å². The van der Waals surface area contributed by atoms with Crippen LogP contribution in [0, 0.1) is 0 Å². The van der Waals surface area contributed by atoms with Crippen LogP contribution in [0.3, 0.4) is 0 Å². The summed E-state index contributed by atoms with van der Waals surface area (Å²) < 4.78 is 10.9. The van der Waals surface area contributed by atoms with Gasteiger partial charge < -0.3 is 25.4 Å². The number of para-hydroxylation sites is 1. The van der Waals surface area contributed by atoms with Crippen molar-refractivity contribution in [3.05, 3.63) is 65.2 Å². The third-order valence-corrected chi connectivity index (χ3v) is 4.92. The molecule has 0 aromatic heterocycles. The zero-order valence-electron chi connectivity index (χ0n) is 17.8. The van der Waals surface area contributed by atoms with Crippen molar-refractivity contribution in [2.45, 2.75) is 39.2 Å². The molecule has 0 spiro atoms. The Kier molecular flexibility index (Phi) is 7.43. The number of hydrogen-bond donors (Lipinski definition) is 2. The summed E-state index contributed by atoms with van der Waals surface area (Å²) in [6, 6.07) is 15.3. The highest BCUT2D eigenvalue weighted by Gasteiger charge is 2.26.